The molecule has 4 heteroatoms. The minimum absolute atomic E-state index is 0.194. The maximum absolute atomic E-state index is 5.48. The Labute approximate surface area is 114 Å². The zero-order valence-corrected chi connectivity index (χ0v) is 11.8. The van der Waals surface area contributed by atoms with Crippen molar-refractivity contribution in [2.45, 2.75) is 26.4 Å². The van der Waals surface area contributed by atoms with E-state index in [9.17, 15) is 0 Å². The van der Waals surface area contributed by atoms with Gasteiger partial charge in [0.2, 0.25) is 0 Å². The first kappa shape index (κ1) is 13.6. The maximum Gasteiger partial charge on any atom is 0.123 e. The van der Waals surface area contributed by atoms with Crippen LogP contribution in [-0.2, 0) is 6.54 Å². The fourth-order valence-corrected chi connectivity index (χ4v) is 2.24. The zero-order valence-electron chi connectivity index (χ0n) is 11.8. The third-order valence-electron chi connectivity index (χ3n) is 3.14. The lowest BCUT2D eigenvalue weighted by Crippen LogP contribution is -2.26. The van der Waals surface area contributed by atoms with Crippen LogP contribution in [0.5, 0.6) is 5.75 Å². The summed E-state index contributed by atoms with van der Waals surface area (Å²) >= 11 is 0. The van der Waals surface area contributed by atoms with Crippen molar-refractivity contribution in [3.8, 4) is 5.75 Å². The van der Waals surface area contributed by atoms with E-state index >= 15 is 0 Å². The number of rotatable bonds is 6. The molecule has 1 unspecified atom stereocenters. The highest BCUT2D eigenvalue weighted by Gasteiger charge is 2.16. The molecular formula is C15H21N3O. The predicted octanol–water partition coefficient (Wildman–Crippen LogP) is 2.55. The molecule has 2 aromatic rings. The lowest BCUT2D eigenvalue weighted by molar-refractivity contribution is 0.385. The van der Waals surface area contributed by atoms with E-state index in [4.69, 9.17) is 4.74 Å². The Morgan fingerprint density at radius 2 is 2.26 bits per heavy atom. The Kier molecular flexibility index (Phi) is 4.58. The van der Waals surface area contributed by atoms with Crippen molar-refractivity contribution in [2.24, 2.45) is 0 Å². The van der Waals surface area contributed by atoms with Crippen LogP contribution in [-0.4, -0.2) is 23.4 Å². The number of likely N-dealkylation sites (N-methyl/N-ethyl adjacent to an activating group) is 1. The molecule has 0 saturated carbocycles. The zero-order chi connectivity index (χ0) is 13.7. The van der Waals surface area contributed by atoms with Crippen molar-refractivity contribution in [3.63, 3.8) is 0 Å². The van der Waals surface area contributed by atoms with E-state index in [1.54, 1.807) is 13.3 Å². The van der Waals surface area contributed by atoms with Crippen molar-refractivity contribution < 1.29 is 4.74 Å². The molecule has 2 rings (SSSR count). The summed E-state index contributed by atoms with van der Waals surface area (Å²) < 4.78 is 7.42. The van der Waals surface area contributed by atoms with E-state index in [1.807, 2.05) is 23.0 Å². The summed E-state index contributed by atoms with van der Waals surface area (Å²) in [6.07, 6.45) is 3.78. The molecule has 1 heterocycles. The molecule has 1 N–H and O–H groups in total. The van der Waals surface area contributed by atoms with E-state index in [2.05, 4.69) is 36.4 Å². The van der Waals surface area contributed by atoms with Crippen LogP contribution in [0.25, 0.3) is 0 Å². The Hall–Kier alpha value is -1.81. The number of ether oxygens (including phenoxy) is 1. The second-order valence-electron chi connectivity index (χ2n) is 4.58. The normalized spacial score (nSPS) is 12.4. The molecule has 0 fully saturated rings. The fourth-order valence-electron chi connectivity index (χ4n) is 2.24. The summed E-state index contributed by atoms with van der Waals surface area (Å²) in [6.45, 7) is 5.90. The van der Waals surface area contributed by atoms with E-state index < -0.39 is 0 Å². The molecule has 4 nitrogen and oxygen atoms in total. The second-order valence-corrected chi connectivity index (χ2v) is 4.58. The summed E-state index contributed by atoms with van der Waals surface area (Å²) in [5.74, 6) is 0.920. The van der Waals surface area contributed by atoms with Gasteiger partial charge in [0.1, 0.15) is 5.75 Å². The van der Waals surface area contributed by atoms with Gasteiger partial charge in [-0.15, -0.1) is 0 Å². The minimum atomic E-state index is 0.194. The molecule has 0 spiro atoms. The van der Waals surface area contributed by atoms with Crippen LogP contribution < -0.4 is 10.1 Å². The SMILES string of the molecule is CCNC(Cn1cccn1)c1cc(C)ccc1OC. The summed E-state index contributed by atoms with van der Waals surface area (Å²) in [6, 6.07) is 8.41. The summed E-state index contributed by atoms with van der Waals surface area (Å²) in [5, 5.41) is 7.78. The van der Waals surface area contributed by atoms with Gasteiger partial charge in [-0.1, -0.05) is 24.6 Å². The Bertz CT molecular complexity index is 508. The van der Waals surface area contributed by atoms with Crippen molar-refractivity contribution in [3.05, 3.63) is 47.8 Å². The van der Waals surface area contributed by atoms with Gasteiger partial charge in [0.15, 0.2) is 0 Å². The quantitative estimate of drug-likeness (QED) is 0.866. The number of hydrogen-bond donors (Lipinski definition) is 1. The van der Waals surface area contributed by atoms with Crippen molar-refractivity contribution >= 4 is 0 Å². The van der Waals surface area contributed by atoms with Gasteiger partial charge in [0.25, 0.3) is 0 Å². The molecule has 1 aromatic heterocycles. The Morgan fingerprint density at radius 1 is 1.42 bits per heavy atom. The van der Waals surface area contributed by atoms with Gasteiger partial charge in [-0.3, -0.25) is 4.68 Å². The Balaban J connectivity index is 2.29. The molecule has 0 bridgehead atoms. The lowest BCUT2D eigenvalue weighted by Gasteiger charge is -2.21. The van der Waals surface area contributed by atoms with Gasteiger partial charge < -0.3 is 10.1 Å². The van der Waals surface area contributed by atoms with Crippen LogP contribution in [0.15, 0.2) is 36.7 Å². The van der Waals surface area contributed by atoms with Crippen molar-refractivity contribution in [1.82, 2.24) is 15.1 Å². The van der Waals surface area contributed by atoms with Crippen LogP contribution in [0, 0.1) is 6.92 Å². The first-order valence-electron chi connectivity index (χ1n) is 6.60. The number of nitrogens with one attached hydrogen (secondary N) is 1. The van der Waals surface area contributed by atoms with Gasteiger partial charge in [-0.2, -0.15) is 5.10 Å². The van der Waals surface area contributed by atoms with Gasteiger partial charge in [-0.25, -0.2) is 0 Å². The molecule has 0 aliphatic rings. The van der Waals surface area contributed by atoms with Gasteiger partial charge in [0.05, 0.1) is 19.7 Å². The number of nitrogens with zero attached hydrogens (tertiary/aromatic N) is 2. The van der Waals surface area contributed by atoms with Crippen LogP contribution in [0.1, 0.15) is 24.1 Å². The maximum atomic E-state index is 5.48. The van der Waals surface area contributed by atoms with Crippen LogP contribution in [0.2, 0.25) is 0 Å². The molecule has 1 atom stereocenters. The molecular weight excluding hydrogens is 238 g/mol. The van der Waals surface area contributed by atoms with Crippen LogP contribution in [0.4, 0.5) is 0 Å². The topological polar surface area (TPSA) is 39.1 Å². The number of aromatic nitrogens is 2. The number of aryl methyl sites for hydroxylation is 1. The average Bonchev–Trinajstić information content (AvgIpc) is 2.91. The molecule has 0 radical (unpaired) electrons. The van der Waals surface area contributed by atoms with Gasteiger partial charge >= 0.3 is 0 Å². The third-order valence-corrected chi connectivity index (χ3v) is 3.14. The van der Waals surface area contributed by atoms with Crippen molar-refractivity contribution in [2.75, 3.05) is 13.7 Å². The monoisotopic (exact) mass is 259 g/mol. The standard InChI is InChI=1S/C15H21N3O/c1-4-16-14(11-18-9-5-8-17-18)13-10-12(2)6-7-15(13)19-3/h5-10,14,16H,4,11H2,1-3H3. The molecule has 19 heavy (non-hydrogen) atoms. The highest BCUT2D eigenvalue weighted by Crippen LogP contribution is 2.27. The first-order valence-corrected chi connectivity index (χ1v) is 6.60. The molecule has 102 valence electrons. The molecule has 0 amide bonds. The molecule has 1 aromatic carbocycles. The van der Waals surface area contributed by atoms with Crippen molar-refractivity contribution in [1.29, 1.82) is 0 Å². The molecule has 0 aliphatic heterocycles. The lowest BCUT2D eigenvalue weighted by atomic mass is 10.0. The van der Waals surface area contributed by atoms with Gasteiger partial charge in [0, 0.05) is 18.0 Å². The van der Waals surface area contributed by atoms with Gasteiger partial charge in [-0.05, 0) is 25.6 Å². The summed E-state index contributed by atoms with van der Waals surface area (Å²) in [7, 11) is 1.71. The highest BCUT2D eigenvalue weighted by molar-refractivity contribution is 5.39. The summed E-state index contributed by atoms with van der Waals surface area (Å²) in [5.41, 5.74) is 2.42. The second kappa shape index (κ2) is 6.38. The number of hydrogen-bond acceptors (Lipinski definition) is 3. The van der Waals surface area contributed by atoms with E-state index in [-0.39, 0.29) is 6.04 Å². The van der Waals surface area contributed by atoms with Crippen LogP contribution >= 0.6 is 0 Å². The number of benzene rings is 1. The van der Waals surface area contributed by atoms with E-state index in [0.717, 1.165) is 18.8 Å². The molecule has 0 saturated heterocycles. The van der Waals surface area contributed by atoms with E-state index in [0.29, 0.717) is 0 Å². The first-order chi connectivity index (χ1) is 9.24. The fraction of sp³-hybridized carbons (Fsp3) is 0.400. The average molecular weight is 259 g/mol. The number of methoxy groups -OCH3 is 1. The van der Waals surface area contributed by atoms with E-state index in [1.165, 1.54) is 11.1 Å². The Morgan fingerprint density at radius 3 is 2.89 bits per heavy atom. The smallest absolute Gasteiger partial charge is 0.123 e. The summed E-state index contributed by atoms with van der Waals surface area (Å²) in [4.78, 5) is 0. The van der Waals surface area contributed by atoms with Crippen LogP contribution in [0.3, 0.4) is 0 Å². The largest absolute Gasteiger partial charge is 0.496 e. The predicted molar refractivity (Wildman–Crippen MR) is 76.4 cm³/mol. The highest BCUT2D eigenvalue weighted by atomic mass is 16.5. The third kappa shape index (κ3) is 3.35. The molecule has 0 aliphatic carbocycles. The minimum Gasteiger partial charge on any atom is -0.496 e.